The number of benzene rings is 1. The Labute approximate surface area is 184 Å². The molecule has 2 heterocycles. The lowest BCUT2D eigenvalue weighted by atomic mass is 9.71. The number of hydrogen-bond donors (Lipinski definition) is 2. The molecule has 0 saturated carbocycles. The Morgan fingerprint density at radius 2 is 2.13 bits per heavy atom. The molecule has 1 aromatic carbocycles. The molecule has 0 bridgehead atoms. The van der Waals surface area contributed by atoms with Gasteiger partial charge < -0.3 is 19.9 Å². The number of ether oxygens (including phenoxy) is 1. The molecule has 1 saturated heterocycles. The number of nitrogens with zero attached hydrogens (tertiary/aromatic N) is 2. The van der Waals surface area contributed by atoms with Crippen LogP contribution in [0.1, 0.15) is 49.8 Å². The molecule has 1 fully saturated rings. The van der Waals surface area contributed by atoms with Crippen LogP contribution in [-0.4, -0.2) is 53.8 Å². The largest absolute Gasteiger partial charge is 0.453 e. The van der Waals surface area contributed by atoms with Crippen LogP contribution >= 0.6 is 0 Å². The molecule has 2 N–H and O–H groups in total. The van der Waals surface area contributed by atoms with Gasteiger partial charge in [0, 0.05) is 17.8 Å². The predicted octanol–water partition coefficient (Wildman–Crippen LogP) is 2.60. The molecule has 1 aliphatic heterocycles. The topological polar surface area (TPSA) is 87.3 Å². The number of carbonyl (C=O) groups is 2. The Morgan fingerprint density at radius 1 is 1.32 bits per heavy atom. The monoisotopic (exact) mass is 421 g/mol. The lowest BCUT2D eigenvalue weighted by Gasteiger charge is -2.30. The minimum atomic E-state index is -0.623. The highest BCUT2D eigenvalue weighted by molar-refractivity contribution is 6.51. The summed E-state index contributed by atoms with van der Waals surface area (Å²) in [7, 11) is 3.42. The molecular weight excluding hydrogens is 391 g/mol. The molecule has 2 atom stereocenters. The number of nitrogens with one attached hydrogen (secondary N) is 2. The van der Waals surface area contributed by atoms with Crippen molar-refractivity contribution in [3.8, 4) is 11.3 Å². The van der Waals surface area contributed by atoms with Crippen LogP contribution in [0, 0.1) is 5.92 Å². The number of likely N-dealkylation sites (tertiary alicyclic amines) is 1. The molecule has 4 rings (SSSR count). The highest BCUT2D eigenvalue weighted by atomic mass is 16.5. The smallest absolute Gasteiger partial charge is 0.407 e. The van der Waals surface area contributed by atoms with Crippen LogP contribution in [0.5, 0.6) is 0 Å². The first-order valence-electron chi connectivity index (χ1n) is 11.1. The minimum Gasteiger partial charge on any atom is -0.453 e. The first-order valence-corrected chi connectivity index (χ1v) is 11.1. The van der Waals surface area contributed by atoms with E-state index in [-0.39, 0.29) is 17.9 Å². The summed E-state index contributed by atoms with van der Waals surface area (Å²) in [6, 6.07) is 5.79. The predicted molar refractivity (Wildman–Crippen MR) is 121 cm³/mol. The summed E-state index contributed by atoms with van der Waals surface area (Å²) in [5, 5.41) is 2.70. The van der Waals surface area contributed by atoms with Gasteiger partial charge in [-0.2, -0.15) is 0 Å². The molecule has 163 valence electrons. The zero-order valence-corrected chi connectivity index (χ0v) is 18.7. The van der Waals surface area contributed by atoms with E-state index in [9.17, 15) is 9.59 Å². The fourth-order valence-corrected chi connectivity index (χ4v) is 4.67. The van der Waals surface area contributed by atoms with Crippen molar-refractivity contribution < 1.29 is 14.3 Å². The lowest BCUT2D eigenvalue weighted by molar-refractivity contribution is -0.135. The summed E-state index contributed by atoms with van der Waals surface area (Å²) >= 11 is 0. The van der Waals surface area contributed by atoms with Gasteiger partial charge in [0.15, 0.2) is 0 Å². The Hall–Kier alpha value is -2.77. The Morgan fingerprint density at radius 3 is 2.84 bits per heavy atom. The van der Waals surface area contributed by atoms with Crippen LogP contribution in [-0.2, 0) is 22.4 Å². The Kier molecular flexibility index (Phi) is 6.07. The SMILES string of the molecule is C[B]c1ccc2c(c1)CCc1[nH]c(C3CCCN3C(=O)C(NC(=O)OC)C(C)C)nc1-2. The molecule has 0 spiro atoms. The molecular formula is C23H30BN4O3. The first-order chi connectivity index (χ1) is 14.9. The average Bonchev–Trinajstić information content (AvgIpc) is 3.42. The lowest BCUT2D eigenvalue weighted by Crippen LogP contribution is -2.51. The van der Waals surface area contributed by atoms with Crippen molar-refractivity contribution in [2.45, 2.75) is 58.4 Å². The van der Waals surface area contributed by atoms with Crippen LogP contribution in [0.4, 0.5) is 4.79 Å². The number of hydrogen-bond acceptors (Lipinski definition) is 4. The van der Waals surface area contributed by atoms with Gasteiger partial charge in [-0.3, -0.25) is 4.79 Å². The third-order valence-corrected chi connectivity index (χ3v) is 6.40. The second-order valence-electron chi connectivity index (χ2n) is 8.70. The van der Waals surface area contributed by atoms with Gasteiger partial charge in [0.05, 0.1) is 18.8 Å². The van der Waals surface area contributed by atoms with Crippen molar-refractivity contribution in [3.05, 3.63) is 35.3 Å². The zero-order chi connectivity index (χ0) is 22.1. The quantitative estimate of drug-likeness (QED) is 0.727. The average molecular weight is 421 g/mol. The van der Waals surface area contributed by atoms with E-state index in [2.05, 4.69) is 35.8 Å². The second-order valence-corrected chi connectivity index (χ2v) is 8.70. The number of alkyl carbamates (subject to hydrolysis) is 1. The van der Waals surface area contributed by atoms with Crippen LogP contribution in [0.25, 0.3) is 11.3 Å². The maximum atomic E-state index is 13.3. The second kappa shape index (κ2) is 8.77. The molecule has 2 aliphatic rings. The van der Waals surface area contributed by atoms with E-state index >= 15 is 0 Å². The van der Waals surface area contributed by atoms with Crippen LogP contribution in [0.3, 0.4) is 0 Å². The molecule has 1 radical (unpaired) electrons. The minimum absolute atomic E-state index is 0.0471. The number of aromatic amines is 1. The van der Waals surface area contributed by atoms with Crippen molar-refractivity contribution in [1.29, 1.82) is 0 Å². The maximum absolute atomic E-state index is 13.3. The van der Waals surface area contributed by atoms with Crippen molar-refractivity contribution in [1.82, 2.24) is 20.2 Å². The third-order valence-electron chi connectivity index (χ3n) is 6.40. The Bertz CT molecular complexity index is 987. The number of rotatable bonds is 5. The molecule has 2 unspecified atom stereocenters. The van der Waals surface area contributed by atoms with Crippen molar-refractivity contribution in [2.75, 3.05) is 13.7 Å². The summed E-state index contributed by atoms with van der Waals surface area (Å²) in [6.07, 6.45) is 3.09. The summed E-state index contributed by atoms with van der Waals surface area (Å²) in [6.45, 7) is 6.56. The summed E-state index contributed by atoms with van der Waals surface area (Å²) in [4.78, 5) is 35.5. The fraction of sp³-hybridized carbons (Fsp3) is 0.522. The van der Waals surface area contributed by atoms with Crippen molar-refractivity contribution >= 4 is 24.7 Å². The standard InChI is InChI=1S/C23H30BN4O3/c1-13(2)19(27-23(30)31-4)22(29)28-11-5-6-18(28)21-25-17-10-7-14-12-15(24-3)8-9-16(14)20(17)26-21/h8-9,12-13,18-19H,5-7,10-11H2,1-4H3,(H,25,26)(H,27,30). The summed E-state index contributed by atoms with van der Waals surface area (Å²) in [5.74, 6) is 0.713. The molecule has 2 aromatic rings. The van der Waals surface area contributed by atoms with E-state index in [1.165, 1.54) is 23.7 Å². The molecule has 8 heteroatoms. The highest BCUT2D eigenvalue weighted by Gasteiger charge is 2.38. The van der Waals surface area contributed by atoms with E-state index in [0.29, 0.717) is 6.54 Å². The molecule has 2 amide bonds. The molecule has 31 heavy (non-hydrogen) atoms. The molecule has 1 aromatic heterocycles. The van der Waals surface area contributed by atoms with Gasteiger partial charge in [-0.15, -0.1) is 0 Å². The van der Waals surface area contributed by atoms with Crippen molar-refractivity contribution in [3.63, 3.8) is 0 Å². The van der Waals surface area contributed by atoms with E-state index in [1.807, 2.05) is 25.6 Å². The van der Waals surface area contributed by atoms with Crippen LogP contribution < -0.4 is 10.8 Å². The highest BCUT2D eigenvalue weighted by Crippen LogP contribution is 2.36. The fourth-order valence-electron chi connectivity index (χ4n) is 4.67. The van der Waals surface area contributed by atoms with Crippen molar-refractivity contribution in [2.24, 2.45) is 5.92 Å². The van der Waals surface area contributed by atoms with Crippen LogP contribution in [0.2, 0.25) is 6.82 Å². The van der Waals surface area contributed by atoms with Gasteiger partial charge >= 0.3 is 6.09 Å². The van der Waals surface area contributed by atoms with Crippen LogP contribution in [0.15, 0.2) is 18.2 Å². The van der Waals surface area contributed by atoms with Gasteiger partial charge in [-0.25, -0.2) is 9.78 Å². The van der Waals surface area contributed by atoms with Gasteiger partial charge in [0.1, 0.15) is 19.1 Å². The number of carbonyl (C=O) groups excluding carboxylic acids is 2. The molecule has 7 nitrogen and oxygen atoms in total. The summed E-state index contributed by atoms with van der Waals surface area (Å²) in [5.41, 5.74) is 5.87. The third kappa shape index (κ3) is 4.08. The number of H-pyrrole nitrogens is 1. The number of amides is 2. The molecule has 1 aliphatic carbocycles. The number of methoxy groups -OCH3 is 1. The van der Waals surface area contributed by atoms with Gasteiger partial charge in [0.2, 0.25) is 5.91 Å². The van der Waals surface area contributed by atoms with E-state index < -0.39 is 12.1 Å². The van der Waals surface area contributed by atoms with Gasteiger partial charge in [0.25, 0.3) is 0 Å². The van der Waals surface area contributed by atoms with Gasteiger partial charge in [-0.1, -0.05) is 44.3 Å². The number of aryl methyl sites for hydroxylation is 2. The normalized spacial score (nSPS) is 18.4. The van der Waals surface area contributed by atoms with Gasteiger partial charge in [-0.05, 0) is 37.2 Å². The Balaban J connectivity index is 1.60. The first kappa shape index (κ1) is 21.5. The number of aromatic nitrogens is 2. The zero-order valence-electron chi connectivity index (χ0n) is 18.7. The summed E-state index contributed by atoms with van der Waals surface area (Å²) < 4.78 is 4.72. The van der Waals surface area contributed by atoms with E-state index in [4.69, 9.17) is 9.72 Å². The number of fused-ring (bicyclic) bond motifs is 3. The maximum Gasteiger partial charge on any atom is 0.407 e. The number of imidazole rings is 1. The van der Waals surface area contributed by atoms with E-state index in [0.717, 1.165) is 42.9 Å². The van der Waals surface area contributed by atoms with E-state index in [1.54, 1.807) is 0 Å².